The smallest absolute Gasteiger partial charge is 0.185 e. The van der Waals surface area contributed by atoms with Crippen molar-refractivity contribution in [2.45, 2.75) is 0 Å². The Balaban J connectivity index is 1.66. The first-order chi connectivity index (χ1) is 14.8. The molecule has 1 aliphatic heterocycles. The molecule has 1 aliphatic rings. The molecule has 4 aromatic rings. The second kappa shape index (κ2) is 8.06. The predicted octanol–water partition coefficient (Wildman–Crippen LogP) is 4.09. The molecule has 0 aliphatic carbocycles. The predicted molar refractivity (Wildman–Crippen MR) is 114 cm³/mol. The van der Waals surface area contributed by atoms with Crippen LogP contribution in [0.1, 0.15) is 10.6 Å². The summed E-state index contributed by atoms with van der Waals surface area (Å²) in [6.45, 7) is 2.86. The number of aldehydes is 1. The zero-order valence-electron chi connectivity index (χ0n) is 16.3. The fraction of sp³-hybridized carbons (Fsp3) is 0.174. The third kappa shape index (κ3) is 3.45. The third-order valence-electron chi connectivity index (χ3n) is 5.11. The lowest BCUT2D eigenvalue weighted by atomic mass is 10.1. The number of nitrogens with zero attached hydrogens (tertiary/aromatic N) is 4. The van der Waals surface area contributed by atoms with Crippen LogP contribution >= 0.6 is 0 Å². The minimum atomic E-state index is 0.300. The zero-order chi connectivity index (χ0) is 20.3. The molecule has 0 atom stereocenters. The summed E-state index contributed by atoms with van der Waals surface area (Å²) in [6.07, 6.45) is 2.29. The number of anilines is 2. The van der Waals surface area contributed by atoms with Crippen molar-refractivity contribution >= 4 is 28.7 Å². The fourth-order valence-corrected chi connectivity index (χ4v) is 3.68. The Bertz CT molecular complexity index is 1170. The van der Waals surface area contributed by atoms with E-state index in [1.54, 1.807) is 18.5 Å². The molecule has 0 spiro atoms. The van der Waals surface area contributed by atoms with Gasteiger partial charge in [-0.2, -0.15) is 0 Å². The molecule has 0 unspecified atom stereocenters. The van der Waals surface area contributed by atoms with Crippen LogP contribution in [0.5, 0.6) is 0 Å². The van der Waals surface area contributed by atoms with Gasteiger partial charge in [0.2, 0.25) is 0 Å². The average Bonchev–Trinajstić information content (AvgIpc) is 3.30. The van der Waals surface area contributed by atoms with Gasteiger partial charge < -0.3 is 9.15 Å². The molecule has 7 heteroatoms. The number of ether oxygens (including phenoxy) is 1. The normalized spacial score (nSPS) is 14.7. The van der Waals surface area contributed by atoms with Gasteiger partial charge in [0.15, 0.2) is 17.9 Å². The molecule has 0 amide bonds. The molecule has 3 heterocycles. The van der Waals surface area contributed by atoms with Crippen LogP contribution in [0.3, 0.4) is 0 Å². The molecular weight excluding hydrogens is 380 g/mol. The maximum Gasteiger partial charge on any atom is 0.185 e. The molecule has 0 saturated carbocycles. The number of carbonyl (C=O) groups is 1. The van der Waals surface area contributed by atoms with Gasteiger partial charge in [-0.3, -0.25) is 9.80 Å². The Hall–Kier alpha value is -3.55. The Morgan fingerprint density at radius 1 is 0.967 bits per heavy atom. The van der Waals surface area contributed by atoms with E-state index in [4.69, 9.17) is 9.15 Å². The number of carbonyl (C=O) groups excluding carboxylic acids is 1. The first-order valence-electron chi connectivity index (χ1n) is 9.81. The van der Waals surface area contributed by atoms with E-state index in [9.17, 15) is 4.79 Å². The van der Waals surface area contributed by atoms with Crippen molar-refractivity contribution in [2.24, 2.45) is 0 Å². The number of aromatic nitrogens is 2. The first kappa shape index (κ1) is 18.5. The SMILES string of the molecule is O=Cc1ccc(-c2ccc3ncnc(N(c4ccccc4)N4CCOCC4)c3c2)o1. The average molecular weight is 400 g/mol. The highest BCUT2D eigenvalue weighted by atomic mass is 16.5. The lowest BCUT2D eigenvalue weighted by Crippen LogP contribution is -2.47. The molecule has 30 heavy (non-hydrogen) atoms. The minimum absolute atomic E-state index is 0.300. The fourth-order valence-electron chi connectivity index (χ4n) is 3.68. The van der Waals surface area contributed by atoms with Gasteiger partial charge in [0.25, 0.3) is 0 Å². The second-order valence-electron chi connectivity index (χ2n) is 6.96. The maximum atomic E-state index is 11.0. The summed E-state index contributed by atoms with van der Waals surface area (Å²) in [6, 6.07) is 19.5. The van der Waals surface area contributed by atoms with Gasteiger partial charge >= 0.3 is 0 Å². The lowest BCUT2D eigenvalue weighted by Gasteiger charge is -2.38. The molecule has 0 radical (unpaired) electrons. The van der Waals surface area contributed by atoms with Crippen LogP contribution in [-0.4, -0.2) is 47.6 Å². The molecule has 5 rings (SSSR count). The molecule has 0 N–H and O–H groups in total. The zero-order valence-corrected chi connectivity index (χ0v) is 16.3. The van der Waals surface area contributed by atoms with Gasteiger partial charge in [-0.25, -0.2) is 15.0 Å². The Morgan fingerprint density at radius 3 is 2.57 bits per heavy atom. The number of morpholine rings is 1. The summed E-state index contributed by atoms with van der Waals surface area (Å²) < 4.78 is 11.2. The summed E-state index contributed by atoms with van der Waals surface area (Å²) in [5.74, 6) is 1.72. The standard InChI is InChI=1S/C23H20N4O3/c28-15-19-7-9-22(30-19)17-6-8-21-20(14-17)23(25-16-24-21)27(18-4-2-1-3-5-18)26-10-12-29-13-11-26/h1-9,14-16H,10-13H2. The van der Waals surface area contributed by atoms with Gasteiger partial charge in [-0.15, -0.1) is 0 Å². The van der Waals surface area contributed by atoms with E-state index in [0.29, 0.717) is 31.0 Å². The number of hydrogen-bond acceptors (Lipinski definition) is 7. The van der Waals surface area contributed by atoms with Crippen molar-refractivity contribution in [1.29, 1.82) is 0 Å². The van der Waals surface area contributed by atoms with Crippen molar-refractivity contribution in [3.8, 4) is 11.3 Å². The van der Waals surface area contributed by atoms with Crippen LogP contribution in [0.15, 0.2) is 71.4 Å². The van der Waals surface area contributed by atoms with Crippen LogP contribution in [0.25, 0.3) is 22.2 Å². The van der Waals surface area contributed by atoms with Crippen molar-refractivity contribution < 1.29 is 13.9 Å². The summed E-state index contributed by atoms with van der Waals surface area (Å²) in [7, 11) is 0. The highest BCUT2D eigenvalue weighted by Gasteiger charge is 2.24. The van der Waals surface area contributed by atoms with Crippen LogP contribution in [0.4, 0.5) is 11.5 Å². The highest BCUT2D eigenvalue weighted by Crippen LogP contribution is 2.34. The quantitative estimate of drug-likeness (QED) is 0.467. The molecule has 7 nitrogen and oxygen atoms in total. The van der Waals surface area contributed by atoms with Crippen molar-refractivity contribution in [3.05, 3.63) is 72.8 Å². The van der Waals surface area contributed by atoms with Crippen molar-refractivity contribution in [2.75, 3.05) is 31.3 Å². The Labute approximate surface area is 173 Å². The summed E-state index contributed by atoms with van der Waals surface area (Å²) >= 11 is 0. The van der Waals surface area contributed by atoms with Crippen LogP contribution in [0, 0.1) is 0 Å². The second-order valence-corrected chi connectivity index (χ2v) is 6.96. The van der Waals surface area contributed by atoms with Crippen LogP contribution in [0.2, 0.25) is 0 Å². The number of hydrogen-bond donors (Lipinski definition) is 0. The summed E-state index contributed by atoms with van der Waals surface area (Å²) in [5.41, 5.74) is 2.72. The number of benzene rings is 2. The largest absolute Gasteiger partial charge is 0.453 e. The molecule has 2 aromatic heterocycles. The first-order valence-corrected chi connectivity index (χ1v) is 9.81. The van der Waals surface area contributed by atoms with Crippen molar-refractivity contribution in [1.82, 2.24) is 15.0 Å². The molecule has 150 valence electrons. The number of rotatable bonds is 5. The van der Waals surface area contributed by atoms with E-state index in [0.717, 1.165) is 41.1 Å². The van der Waals surface area contributed by atoms with E-state index in [1.165, 1.54) is 0 Å². The topological polar surface area (TPSA) is 71.7 Å². The molecule has 0 bridgehead atoms. The highest BCUT2D eigenvalue weighted by molar-refractivity contribution is 5.94. The number of hydrazine groups is 1. The van der Waals surface area contributed by atoms with Gasteiger partial charge in [0.1, 0.15) is 12.1 Å². The van der Waals surface area contributed by atoms with E-state index in [2.05, 4.69) is 32.1 Å². The van der Waals surface area contributed by atoms with E-state index in [-0.39, 0.29) is 0 Å². The molecule has 1 fully saturated rings. The lowest BCUT2D eigenvalue weighted by molar-refractivity contribution is 0.0376. The van der Waals surface area contributed by atoms with E-state index < -0.39 is 0 Å². The Kier molecular flexibility index (Phi) is 4.96. The summed E-state index contributed by atoms with van der Waals surface area (Å²) in [4.78, 5) is 20.1. The number of furan rings is 1. The van der Waals surface area contributed by atoms with Crippen molar-refractivity contribution in [3.63, 3.8) is 0 Å². The monoisotopic (exact) mass is 400 g/mol. The number of para-hydroxylation sites is 1. The van der Waals surface area contributed by atoms with E-state index >= 15 is 0 Å². The van der Waals surface area contributed by atoms with Crippen LogP contribution in [-0.2, 0) is 4.74 Å². The molecular formula is C23H20N4O3. The number of fused-ring (bicyclic) bond motifs is 1. The van der Waals surface area contributed by atoms with E-state index in [1.807, 2.05) is 36.4 Å². The van der Waals surface area contributed by atoms with Gasteiger partial charge in [0, 0.05) is 24.0 Å². The van der Waals surface area contributed by atoms with Gasteiger partial charge in [-0.05, 0) is 42.5 Å². The van der Waals surface area contributed by atoms with Gasteiger partial charge in [0.05, 0.1) is 24.4 Å². The summed E-state index contributed by atoms with van der Waals surface area (Å²) in [5, 5.41) is 5.27. The maximum absolute atomic E-state index is 11.0. The molecule has 2 aromatic carbocycles. The minimum Gasteiger partial charge on any atom is -0.453 e. The third-order valence-corrected chi connectivity index (χ3v) is 5.11. The van der Waals surface area contributed by atoms with Crippen LogP contribution < -0.4 is 5.01 Å². The molecule has 1 saturated heterocycles. The van der Waals surface area contributed by atoms with Gasteiger partial charge in [-0.1, -0.05) is 18.2 Å². The Morgan fingerprint density at radius 2 is 1.80 bits per heavy atom.